The molecule has 0 unspecified atom stereocenters. The van der Waals surface area contributed by atoms with Gasteiger partial charge in [-0.2, -0.15) is 4.31 Å². The lowest BCUT2D eigenvalue weighted by Gasteiger charge is -2.20. The van der Waals surface area contributed by atoms with Gasteiger partial charge in [0, 0.05) is 25.7 Å². The minimum Gasteiger partial charge on any atom is -0.495 e. The molecular formula is C15H24N2O3S. The van der Waals surface area contributed by atoms with E-state index in [-0.39, 0.29) is 4.90 Å². The Morgan fingerprint density at radius 1 is 1.29 bits per heavy atom. The molecule has 5 nitrogen and oxygen atoms in total. The van der Waals surface area contributed by atoms with Crippen LogP contribution in [0.5, 0.6) is 5.75 Å². The second-order valence-corrected chi connectivity index (χ2v) is 7.14. The van der Waals surface area contributed by atoms with Crippen LogP contribution >= 0.6 is 0 Å². The standard InChI is InChI=1S/C15H24N2O3S/c1-4-17(5-2)21(18,19)15-10-12(6-9-14(15)20-3)11-16-13-7-8-13/h6,9-10,13,16H,4-5,7-8,11H2,1-3H3. The first-order chi connectivity index (χ1) is 10.0. The molecule has 1 aliphatic carbocycles. The lowest BCUT2D eigenvalue weighted by atomic mass is 10.2. The molecule has 21 heavy (non-hydrogen) atoms. The molecule has 0 amide bonds. The van der Waals surface area contributed by atoms with Crippen molar-refractivity contribution >= 4 is 10.0 Å². The van der Waals surface area contributed by atoms with E-state index < -0.39 is 10.0 Å². The second-order valence-electron chi connectivity index (χ2n) is 5.23. The van der Waals surface area contributed by atoms with E-state index in [1.54, 1.807) is 12.1 Å². The smallest absolute Gasteiger partial charge is 0.246 e. The van der Waals surface area contributed by atoms with E-state index in [2.05, 4.69) is 5.32 Å². The summed E-state index contributed by atoms with van der Waals surface area (Å²) in [5.74, 6) is 0.400. The quantitative estimate of drug-likeness (QED) is 0.797. The minimum atomic E-state index is -3.51. The Morgan fingerprint density at radius 3 is 2.48 bits per heavy atom. The number of hydrogen-bond acceptors (Lipinski definition) is 4. The molecule has 0 radical (unpaired) electrons. The molecule has 0 atom stereocenters. The van der Waals surface area contributed by atoms with Crippen LogP contribution in [0.2, 0.25) is 0 Å². The van der Waals surface area contributed by atoms with Gasteiger partial charge in [-0.05, 0) is 30.5 Å². The largest absolute Gasteiger partial charge is 0.495 e. The molecule has 0 spiro atoms. The Labute approximate surface area is 127 Å². The van der Waals surface area contributed by atoms with Crippen molar-refractivity contribution in [1.82, 2.24) is 9.62 Å². The van der Waals surface area contributed by atoms with Gasteiger partial charge in [-0.15, -0.1) is 0 Å². The number of nitrogens with one attached hydrogen (secondary N) is 1. The molecule has 0 saturated heterocycles. The van der Waals surface area contributed by atoms with Crippen LogP contribution in [0, 0.1) is 0 Å². The van der Waals surface area contributed by atoms with E-state index in [4.69, 9.17) is 4.74 Å². The summed E-state index contributed by atoms with van der Waals surface area (Å²) in [5.41, 5.74) is 0.966. The zero-order chi connectivity index (χ0) is 15.5. The molecule has 0 aromatic heterocycles. The van der Waals surface area contributed by atoms with Crippen molar-refractivity contribution in [3.8, 4) is 5.75 Å². The molecule has 1 aromatic rings. The third-order valence-electron chi connectivity index (χ3n) is 3.72. The summed E-state index contributed by atoms with van der Waals surface area (Å²) < 4.78 is 32.1. The van der Waals surface area contributed by atoms with E-state index in [9.17, 15) is 8.42 Å². The predicted molar refractivity (Wildman–Crippen MR) is 83.0 cm³/mol. The molecule has 0 bridgehead atoms. The SMILES string of the molecule is CCN(CC)S(=O)(=O)c1cc(CNC2CC2)ccc1OC. The van der Waals surface area contributed by atoms with Crippen LogP contribution in [-0.4, -0.2) is 39.0 Å². The highest BCUT2D eigenvalue weighted by molar-refractivity contribution is 7.89. The van der Waals surface area contributed by atoms with Gasteiger partial charge in [-0.25, -0.2) is 8.42 Å². The summed E-state index contributed by atoms with van der Waals surface area (Å²) in [6.45, 7) is 5.27. The molecule has 6 heteroatoms. The Bertz CT molecular complexity index is 579. The summed E-state index contributed by atoms with van der Waals surface area (Å²) in [6.07, 6.45) is 2.42. The number of ether oxygens (including phenoxy) is 1. The van der Waals surface area contributed by atoms with Crippen molar-refractivity contribution in [1.29, 1.82) is 0 Å². The molecule has 0 aliphatic heterocycles. The van der Waals surface area contributed by atoms with Crippen LogP contribution in [0.15, 0.2) is 23.1 Å². The predicted octanol–water partition coefficient (Wildman–Crippen LogP) is 1.98. The van der Waals surface area contributed by atoms with Crippen molar-refractivity contribution < 1.29 is 13.2 Å². The molecular weight excluding hydrogens is 288 g/mol. The van der Waals surface area contributed by atoms with Gasteiger partial charge >= 0.3 is 0 Å². The fourth-order valence-electron chi connectivity index (χ4n) is 2.28. The van der Waals surface area contributed by atoms with Crippen molar-refractivity contribution in [3.05, 3.63) is 23.8 Å². The van der Waals surface area contributed by atoms with Crippen molar-refractivity contribution in [2.24, 2.45) is 0 Å². The van der Waals surface area contributed by atoms with Gasteiger partial charge < -0.3 is 10.1 Å². The van der Waals surface area contributed by atoms with Gasteiger partial charge in [-0.1, -0.05) is 19.9 Å². The maximum Gasteiger partial charge on any atom is 0.246 e. The first kappa shape index (κ1) is 16.3. The monoisotopic (exact) mass is 312 g/mol. The van der Waals surface area contributed by atoms with E-state index in [1.807, 2.05) is 19.9 Å². The minimum absolute atomic E-state index is 0.254. The van der Waals surface area contributed by atoms with E-state index in [0.29, 0.717) is 31.4 Å². The van der Waals surface area contributed by atoms with Crippen LogP contribution in [0.4, 0.5) is 0 Å². The molecule has 118 valence electrons. The lowest BCUT2D eigenvalue weighted by Crippen LogP contribution is -2.31. The molecule has 1 N–H and O–H groups in total. The van der Waals surface area contributed by atoms with E-state index in [0.717, 1.165) is 5.56 Å². The molecule has 2 rings (SSSR count). The fraction of sp³-hybridized carbons (Fsp3) is 0.600. The average Bonchev–Trinajstić information content (AvgIpc) is 3.30. The zero-order valence-corrected chi connectivity index (χ0v) is 13.7. The van der Waals surface area contributed by atoms with Gasteiger partial charge in [0.1, 0.15) is 10.6 Å². The van der Waals surface area contributed by atoms with Crippen LogP contribution in [0.25, 0.3) is 0 Å². The van der Waals surface area contributed by atoms with Gasteiger partial charge in [-0.3, -0.25) is 0 Å². The van der Waals surface area contributed by atoms with Gasteiger partial charge in [0.2, 0.25) is 10.0 Å². The van der Waals surface area contributed by atoms with Gasteiger partial charge in [0.25, 0.3) is 0 Å². The highest BCUT2D eigenvalue weighted by Crippen LogP contribution is 2.28. The number of benzene rings is 1. The maximum atomic E-state index is 12.7. The van der Waals surface area contributed by atoms with Gasteiger partial charge in [0.15, 0.2) is 0 Å². The number of sulfonamides is 1. The van der Waals surface area contributed by atoms with Crippen molar-refractivity contribution in [2.45, 2.75) is 44.2 Å². The van der Waals surface area contributed by atoms with Crippen LogP contribution in [0.1, 0.15) is 32.3 Å². The van der Waals surface area contributed by atoms with E-state index in [1.165, 1.54) is 24.3 Å². The summed E-state index contributed by atoms with van der Waals surface area (Å²) in [5, 5.41) is 3.40. The number of hydrogen-bond donors (Lipinski definition) is 1. The highest BCUT2D eigenvalue weighted by Gasteiger charge is 2.26. The Hall–Kier alpha value is -1.11. The normalized spacial score (nSPS) is 15.4. The Morgan fingerprint density at radius 2 is 1.95 bits per heavy atom. The highest BCUT2D eigenvalue weighted by atomic mass is 32.2. The molecule has 1 aromatic carbocycles. The van der Waals surface area contributed by atoms with Crippen molar-refractivity contribution in [2.75, 3.05) is 20.2 Å². The molecule has 1 aliphatic rings. The Balaban J connectivity index is 2.31. The number of methoxy groups -OCH3 is 1. The lowest BCUT2D eigenvalue weighted by molar-refractivity contribution is 0.395. The maximum absolute atomic E-state index is 12.7. The first-order valence-corrected chi connectivity index (χ1v) is 8.87. The summed E-state index contributed by atoms with van der Waals surface area (Å²) in [6, 6.07) is 5.97. The molecule has 1 fully saturated rings. The number of nitrogens with zero attached hydrogens (tertiary/aromatic N) is 1. The molecule has 0 heterocycles. The topological polar surface area (TPSA) is 58.6 Å². The summed E-state index contributed by atoms with van der Waals surface area (Å²) in [7, 11) is -2.01. The van der Waals surface area contributed by atoms with Crippen LogP contribution in [-0.2, 0) is 16.6 Å². The van der Waals surface area contributed by atoms with Crippen LogP contribution in [0.3, 0.4) is 0 Å². The van der Waals surface area contributed by atoms with Gasteiger partial charge in [0.05, 0.1) is 7.11 Å². The van der Waals surface area contributed by atoms with Crippen molar-refractivity contribution in [3.63, 3.8) is 0 Å². The summed E-state index contributed by atoms with van der Waals surface area (Å²) >= 11 is 0. The fourth-order valence-corrected chi connectivity index (χ4v) is 3.95. The summed E-state index contributed by atoms with van der Waals surface area (Å²) in [4.78, 5) is 0.254. The number of rotatable bonds is 8. The zero-order valence-electron chi connectivity index (χ0n) is 12.9. The third kappa shape index (κ3) is 3.75. The Kier molecular flexibility index (Phi) is 5.24. The average molecular weight is 312 g/mol. The second kappa shape index (κ2) is 6.77. The first-order valence-electron chi connectivity index (χ1n) is 7.43. The van der Waals surface area contributed by atoms with Crippen LogP contribution < -0.4 is 10.1 Å². The molecule has 1 saturated carbocycles. The third-order valence-corrected chi connectivity index (χ3v) is 5.79. The van der Waals surface area contributed by atoms with E-state index >= 15 is 0 Å².